The Morgan fingerprint density at radius 1 is 1.46 bits per heavy atom. The van der Waals surface area contributed by atoms with E-state index in [1.54, 1.807) is 0 Å². The molecular formula is C9H9ClFNO. The van der Waals surface area contributed by atoms with E-state index in [1.807, 2.05) is 0 Å². The van der Waals surface area contributed by atoms with Crippen molar-refractivity contribution in [3.63, 3.8) is 0 Å². The van der Waals surface area contributed by atoms with Crippen molar-refractivity contribution >= 4 is 11.6 Å². The van der Waals surface area contributed by atoms with Crippen molar-refractivity contribution in [2.75, 3.05) is 0 Å². The van der Waals surface area contributed by atoms with Gasteiger partial charge in [0.2, 0.25) is 5.95 Å². The van der Waals surface area contributed by atoms with Crippen molar-refractivity contribution < 1.29 is 9.50 Å². The second-order valence-electron chi connectivity index (χ2n) is 3.36. The zero-order valence-corrected chi connectivity index (χ0v) is 7.68. The van der Waals surface area contributed by atoms with Crippen molar-refractivity contribution in [2.45, 2.75) is 24.9 Å². The predicted molar refractivity (Wildman–Crippen MR) is 47.0 cm³/mol. The van der Waals surface area contributed by atoms with Gasteiger partial charge in [-0.2, -0.15) is 4.39 Å². The van der Waals surface area contributed by atoms with Crippen molar-refractivity contribution in [3.8, 4) is 0 Å². The van der Waals surface area contributed by atoms with Crippen molar-refractivity contribution in [3.05, 3.63) is 28.8 Å². The largest absolute Gasteiger partial charge is 0.385 e. The van der Waals surface area contributed by atoms with E-state index in [2.05, 4.69) is 4.98 Å². The van der Waals surface area contributed by atoms with E-state index in [-0.39, 0.29) is 10.7 Å². The zero-order chi connectivity index (χ0) is 9.47. The third kappa shape index (κ3) is 1.42. The van der Waals surface area contributed by atoms with Crippen LogP contribution < -0.4 is 0 Å². The van der Waals surface area contributed by atoms with Gasteiger partial charge in [-0.15, -0.1) is 0 Å². The monoisotopic (exact) mass is 201 g/mol. The minimum Gasteiger partial charge on any atom is -0.385 e. The summed E-state index contributed by atoms with van der Waals surface area (Å²) in [5.41, 5.74) is -0.732. The molecule has 0 bridgehead atoms. The second-order valence-corrected chi connectivity index (χ2v) is 3.74. The van der Waals surface area contributed by atoms with Crippen LogP contribution in [-0.2, 0) is 5.60 Å². The molecule has 1 aliphatic rings. The first-order chi connectivity index (χ1) is 6.12. The van der Waals surface area contributed by atoms with Gasteiger partial charge >= 0.3 is 0 Å². The molecule has 1 heterocycles. The summed E-state index contributed by atoms with van der Waals surface area (Å²) in [5.74, 6) is -0.658. The normalized spacial score (nSPS) is 19.6. The summed E-state index contributed by atoms with van der Waals surface area (Å²) in [6, 6.07) is 3.00. The Labute approximate surface area is 80.4 Å². The Morgan fingerprint density at radius 2 is 2.15 bits per heavy atom. The van der Waals surface area contributed by atoms with Gasteiger partial charge in [0.15, 0.2) is 0 Å². The lowest BCUT2D eigenvalue weighted by molar-refractivity contribution is -0.0422. The molecule has 13 heavy (non-hydrogen) atoms. The summed E-state index contributed by atoms with van der Waals surface area (Å²) in [4.78, 5) is 3.46. The molecule has 0 amide bonds. The van der Waals surface area contributed by atoms with Gasteiger partial charge in [0, 0.05) is 5.56 Å². The van der Waals surface area contributed by atoms with Gasteiger partial charge in [-0.1, -0.05) is 11.6 Å². The summed E-state index contributed by atoms with van der Waals surface area (Å²) >= 11 is 5.50. The molecule has 2 nitrogen and oxygen atoms in total. The summed E-state index contributed by atoms with van der Waals surface area (Å²) in [6.45, 7) is 0. The number of pyridine rings is 1. The maximum absolute atomic E-state index is 13.2. The highest BCUT2D eigenvalue weighted by Crippen LogP contribution is 2.41. The molecule has 0 aliphatic heterocycles. The summed E-state index contributed by atoms with van der Waals surface area (Å²) in [6.07, 6.45) is 2.14. The first-order valence-corrected chi connectivity index (χ1v) is 4.54. The minimum atomic E-state index is -0.998. The lowest BCUT2D eigenvalue weighted by Crippen LogP contribution is -2.34. The number of rotatable bonds is 1. The SMILES string of the molecule is OC1(c2ccc(Cl)nc2F)CCC1. The molecule has 0 saturated heterocycles. The van der Waals surface area contributed by atoms with E-state index in [0.29, 0.717) is 12.8 Å². The molecule has 0 spiro atoms. The van der Waals surface area contributed by atoms with Gasteiger partial charge in [-0.3, -0.25) is 0 Å². The molecule has 1 fully saturated rings. The fourth-order valence-corrected chi connectivity index (χ4v) is 1.68. The van der Waals surface area contributed by atoms with Gasteiger partial charge in [0.05, 0.1) is 5.60 Å². The average Bonchev–Trinajstić information content (AvgIpc) is 2.00. The Hall–Kier alpha value is -0.670. The fourth-order valence-electron chi connectivity index (χ4n) is 1.54. The number of halogens is 2. The fraction of sp³-hybridized carbons (Fsp3) is 0.444. The highest BCUT2D eigenvalue weighted by molar-refractivity contribution is 6.29. The Kier molecular flexibility index (Phi) is 2.00. The third-order valence-corrected chi connectivity index (χ3v) is 2.71. The maximum Gasteiger partial charge on any atom is 0.220 e. The van der Waals surface area contributed by atoms with Crippen LogP contribution in [0.15, 0.2) is 12.1 Å². The molecule has 0 aromatic carbocycles. The van der Waals surface area contributed by atoms with E-state index >= 15 is 0 Å². The van der Waals surface area contributed by atoms with Crippen LogP contribution in [0, 0.1) is 5.95 Å². The Morgan fingerprint density at radius 3 is 2.62 bits per heavy atom. The first kappa shape index (κ1) is 8.91. The highest BCUT2D eigenvalue weighted by Gasteiger charge is 2.38. The van der Waals surface area contributed by atoms with Crippen molar-refractivity contribution in [2.24, 2.45) is 0 Å². The molecule has 1 saturated carbocycles. The smallest absolute Gasteiger partial charge is 0.220 e. The van der Waals surface area contributed by atoms with E-state index in [9.17, 15) is 9.50 Å². The first-order valence-electron chi connectivity index (χ1n) is 4.17. The minimum absolute atomic E-state index is 0.115. The summed E-state index contributed by atoms with van der Waals surface area (Å²) in [7, 11) is 0. The quantitative estimate of drug-likeness (QED) is 0.707. The van der Waals surface area contributed by atoms with Gasteiger partial charge in [0.25, 0.3) is 0 Å². The van der Waals surface area contributed by atoms with Crippen LogP contribution >= 0.6 is 11.6 Å². The van der Waals surface area contributed by atoms with E-state index in [4.69, 9.17) is 11.6 Å². The third-order valence-electron chi connectivity index (χ3n) is 2.50. The molecule has 0 radical (unpaired) electrons. The molecule has 1 aromatic heterocycles. The molecule has 2 rings (SSSR count). The van der Waals surface area contributed by atoms with Gasteiger partial charge in [-0.25, -0.2) is 4.98 Å². The van der Waals surface area contributed by atoms with Crippen LogP contribution in [0.2, 0.25) is 5.15 Å². The van der Waals surface area contributed by atoms with Crippen LogP contribution in [0.4, 0.5) is 4.39 Å². The number of hydrogen-bond donors (Lipinski definition) is 1. The molecule has 1 N–H and O–H groups in total. The molecular weight excluding hydrogens is 193 g/mol. The molecule has 4 heteroatoms. The topological polar surface area (TPSA) is 33.1 Å². The van der Waals surface area contributed by atoms with Crippen molar-refractivity contribution in [1.82, 2.24) is 4.98 Å². The van der Waals surface area contributed by atoms with Crippen molar-refractivity contribution in [1.29, 1.82) is 0 Å². The molecule has 1 aliphatic carbocycles. The van der Waals surface area contributed by atoms with E-state index in [1.165, 1.54) is 12.1 Å². The number of aliphatic hydroxyl groups is 1. The van der Waals surface area contributed by atoms with E-state index in [0.717, 1.165) is 6.42 Å². The summed E-state index contributed by atoms with van der Waals surface area (Å²) in [5, 5.41) is 9.94. The molecule has 1 aromatic rings. The van der Waals surface area contributed by atoms with E-state index < -0.39 is 11.5 Å². The number of aromatic nitrogens is 1. The van der Waals surface area contributed by atoms with Crippen LogP contribution in [0.25, 0.3) is 0 Å². The van der Waals surface area contributed by atoms with Crippen LogP contribution in [0.5, 0.6) is 0 Å². The summed E-state index contributed by atoms with van der Waals surface area (Å²) < 4.78 is 13.2. The predicted octanol–water partition coefficient (Wildman–Crippen LogP) is 2.25. The standard InChI is InChI=1S/C9H9ClFNO/c10-7-3-2-6(8(11)12-7)9(13)4-1-5-9/h2-3,13H,1,4-5H2. The molecule has 70 valence electrons. The number of nitrogens with zero attached hydrogens (tertiary/aromatic N) is 1. The lowest BCUT2D eigenvalue weighted by atomic mass is 9.75. The zero-order valence-electron chi connectivity index (χ0n) is 6.93. The number of hydrogen-bond acceptors (Lipinski definition) is 2. The molecule has 0 unspecified atom stereocenters. The van der Waals surface area contributed by atoms with Gasteiger partial charge < -0.3 is 5.11 Å². The maximum atomic E-state index is 13.2. The van der Waals surface area contributed by atoms with Crippen LogP contribution in [0.3, 0.4) is 0 Å². The van der Waals surface area contributed by atoms with Gasteiger partial charge in [-0.05, 0) is 31.4 Å². The average molecular weight is 202 g/mol. The van der Waals surface area contributed by atoms with Crippen LogP contribution in [0.1, 0.15) is 24.8 Å². The van der Waals surface area contributed by atoms with Crippen LogP contribution in [-0.4, -0.2) is 10.1 Å². The molecule has 0 atom stereocenters. The lowest BCUT2D eigenvalue weighted by Gasteiger charge is -2.36. The Bertz CT molecular complexity index is 338. The van der Waals surface area contributed by atoms with Gasteiger partial charge in [0.1, 0.15) is 5.15 Å². The second kappa shape index (κ2) is 2.93. The highest BCUT2D eigenvalue weighted by atomic mass is 35.5. The Balaban J connectivity index is 2.40.